The van der Waals surface area contributed by atoms with Crippen LogP contribution < -0.4 is 10.2 Å². The Morgan fingerprint density at radius 2 is 2.10 bits per heavy atom. The van der Waals surface area contributed by atoms with E-state index >= 15 is 0 Å². The number of aliphatic hydroxyl groups is 1. The standard InChI is InChI=1S/C13H18F3N3O/c1-2-17-11-7-9(13(14,15)16)8-12(18-11)19(5-6-20)10-3-4-10/h7-8,10,20H,2-6H2,1H3,(H,17,18). The minimum atomic E-state index is -4.41. The molecule has 1 saturated carbocycles. The molecule has 2 N–H and O–H groups in total. The molecule has 1 heterocycles. The van der Waals surface area contributed by atoms with Gasteiger partial charge in [0.2, 0.25) is 0 Å². The fourth-order valence-electron chi connectivity index (χ4n) is 2.08. The molecular weight excluding hydrogens is 271 g/mol. The topological polar surface area (TPSA) is 48.4 Å². The van der Waals surface area contributed by atoms with E-state index in [9.17, 15) is 13.2 Å². The third kappa shape index (κ3) is 3.53. The lowest BCUT2D eigenvalue weighted by atomic mass is 10.2. The second-order valence-corrected chi connectivity index (χ2v) is 4.78. The number of nitrogens with zero attached hydrogens (tertiary/aromatic N) is 2. The van der Waals surface area contributed by atoms with Crippen molar-refractivity contribution in [2.45, 2.75) is 32.0 Å². The van der Waals surface area contributed by atoms with Crippen LogP contribution in [-0.2, 0) is 6.18 Å². The van der Waals surface area contributed by atoms with Crippen molar-refractivity contribution in [2.24, 2.45) is 0 Å². The van der Waals surface area contributed by atoms with Gasteiger partial charge in [-0.25, -0.2) is 4.98 Å². The van der Waals surface area contributed by atoms with E-state index in [-0.39, 0.29) is 24.3 Å². The first-order chi connectivity index (χ1) is 9.45. The van der Waals surface area contributed by atoms with E-state index in [1.165, 1.54) is 0 Å². The summed E-state index contributed by atoms with van der Waals surface area (Å²) in [7, 11) is 0. The molecule has 2 rings (SSSR count). The Bertz CT molecular complexity index is 461. The summed E-state index contributed by atoms with van der Waals surface area (Å²) < 4.78 is 38.8. The lowest BCUT2D eigenvalue weighted by Crippen LogP contribution is -2.30. The van der Waals surface area contributed by atoms with Crippen LogP contribution in [0, 0.1) is 0 Å². The molecule has 7 heteroatoms. The van der Waals surface area contributed by atoms with Gasteiger partial charge in [-0.15, -0.1) is 0 Å². The van der Waals surface area contributed by atoms with E-state index in [0.29, 0.717) is 13.1 Å². The van der Waals surface area contributed by atoms with Crippen LogP contribution in [0.15, 0.2) is 12.1 Å². The Hall–Kier alpha value is -1.50. The molecule has 0 amide bonds. The molecule has 1 aromatic rings. The maximum absolute atomic E-state index is 12.9. The summed E-state index contributed by atoms with van der Waals surface area (Å²) >= 11 is 0. The zero-order valence-corrected chi connectivity index (χ0v) is 11.2. The number of anilines is 2. The van der Waals surface area contributed by atoms with E-state index in [2.05, 4.69) is 10.3 Å². The lowest BCUT2D eigenvalue weighted by molar-refractivity contribution is -0.137. The zero-order chi connectivity index (χ0) is 14.8. The van der Waals surface area contributed by atoms with Gasteiger partial charge in [0.25, 0.3) is 0 Å². The predicted octanol–water partition coefficient (Wildman–Crippen LogP) is 2.49. The Kier molecular flexibility index (Phi) is 4.37. The number of nitrogens with one attached hydrogen (secondary N) is 1. The third-order valence-electron chi connectivity index (χ3n) is 3.12. The van der Waals surface area contributed by atoms with E-state index in [1.54, 1.807) is 11.8 Å². The van der Waals surface area contributed by atoms with Gasteiger partial charge in [0.1, 0.15) is 11.6 Å². The quantitative estimate of drug-likeness (QED) is 0.845. The molecule has 0 saturated heterocycles. The van der Waals surface area contributed by atoms with Gasteiger partial charge in [-0.05, 0) is 31.9 Å². The molecule has 1 fully saturated rings. The van der Waals surface area contributed by atoms with E-state index in [4.69, 9.17) is 5.11 Å². The van der Waals surface area contributed by atoms with Gasteiger partial charge in [-0.1, -0.05) is 0 Å². The highest BCUT2D eigenvalue weighted by Crippen LogP contribution is 2.36. The Balaban J connectivity index is 2.36. The summed E-state index contributed by atoms with van der Waals surface area (Å²) in [6.45, 7) is 2.49. The average Bonchev–Trinajstić information content (AvgIpc) is 3.19. The molecule has 4 nitrogen and oxygen atoms in total. The van der Waals surface area contributed by atoms with Crippen LogP contribution in [-0.4, -0.2) is 35.8 Å². The summed E-state index contributed by atoms with van der Waals surface area (Å²) in [6.07, 6.45) is -2.56. The normalized spacial score (nSPS) is 15.2. The first kappa shape index (κ1) is 14.9. The van der Waals surface area contributed by atoms with E-state index < -0.39 is 11.7 Å². The van der Waals surface area contributed by atoms with Crippen molar-refractivity contribution >= 4 is 11.6 Å². The van der Waals surface area contributed by atoms with Crippen LogP contribution in [0.1, 0.15) is 25.3 Å². The fraction of sp³-hybridized carbons (Fsp3) is 0.615. The molecular formula is C13H18F3N3O. The van der Waals surface area contributed by atoms with Gasteiger partial charge in [0, 0.05) is 19.1 Å². The fourth-order valence-corrected chi connectivity index (χ4v) is 2.08. The third-order valence-corrected chi connectivity index (χ3v) is 3.12. The Morgan fingerprint density at radius 1 is 1.40 bits per heavy atom. The van der Waals surface area contributed by atoms with Crippen molar-refractivity contribution in [1.82, 2.24) is 4.98 Å². The number of hydrogen-bond donors (Lipinski definition) is 2. The summed E-state index contributed by atoms with van der Waals surface area (Å²) in [6, 6.07) is 2.25. The molecule has 1 aromatic heterocycles. The number of alkyl halides is 3. The van der Waals surface area contributed by atoms with Crippen LogP contribution in [0.25, 0.3) is 0 Å². The summed E-state index contributed by atoms with van der Waals surface area (Å²) in [5.74, 6) is 0.480. The monoisotopic (exact) mass is 289 g/mol. The maximum Gasteiger partial charge on any atom is 0.416 e. The van der Waals surface area contributed by atoms with Crippen molar-refractivity contribution in [3.8, 4) is 0 Å². The van der Waals surface area contributed by atoms with Crippen molar-refractivity contribution in [2.75, 3.05) is 29.9 Å². The summed E-state index contributed by atoms with van der Waals surface area (Å²) in [5.41, 5.74) is -0.720. The molecule has 0 bridgehead atoms. The molecule has 0 radical (unpaired) electrons. The van der Waals surface area contributed by atoms with Crippen molar-refractivity contribution in [3.63, 3.8) is 0 Å². The van der Waals surface area contributed by atoms with E-state index in [0.717, 1.165) is 25.0 Å². The van der Waals surface area contributed by atoms with Crippen molar-refractivity contribution in [3.05, 3.63) is 17.7 Å². The molecule has 1 aliphatic carbocycles. The van der Waals surface area contributed by atoms with Gasteiger partial charge in [0.15, 0.2) is 0 Å². The highest BCUT2D eigenvalue weighted by molar-refractivity contribution is 5.52. The Morgan fingerprint density at radius 3 is 2.60 bits per heavy atom. The largest absolute Gasteiger partial charge is 0.416 e. The Labute approximate surface area is 115 Å². The molecule has 0 unspecified atom stereocenters. The highest BCUT2D eigenvalue weighted by Gasteiger charge is 2.34. The number of aromatic nitrogens is 1. The molecule has 0 aliphatic heterocycles. The van der Waals surface area contributed by atoms with Crippen LogP contribution in [0.5, 0.6) is 0 Å². The number of halogens is 3. The smallest absolute Gasteiger partial charge is 0.395 e. The summed E-state index contributed by atoms with van der Waals surface area (Å²) in [5, 5.41) is 11.9. The molecule has 0 spiro atoms. The second kappa shape index (κ2) is 5.87. The maximum atomic E-state index is 12.9. The van der Waals surface area contributed by atoms with E-state index in [1.807, 2.05) is 0 Å². The van der Waals surface area contributed by atoms with Gasteiger partial charge < -0.3 is 15.3 Å². The molecule has 0 atom stereocenters. The van der Waals surface area contributed by atoms with Gasteiger partial charge in [-0.2, -0.15) is 13.2 Å². The molecule has 0 aromatic carbocycles. The zero-order valence-electron chi connectivity index (χ0n) is 11.2. The predicted molar refractivity (Wildman–Crippen MR) is 70.9 cm³/mol. The number of rotatable bonds is 6. The van der Waals surface area contributed by atoms with Crippen molar-refractivity contribution in [1.29, 1.82) is 0 Å². The van der Waals surface area contributed by atoms with Gasteiger partial charge >= 0.3 is 6.18 Å². The number of hydrogen-bond acceptors (Lipinski definition) is 4. The van der Waals surface area contributed by atoms with Crippen LogP contribution in [0.3, 0.4) is 0 Å². The van der Waals surface area contributed by atoms with Crippen LogP contribution >= 0.6 is 0 Å². The number of pyridine rings is 1. The average molecular weight is 289 g/mol. The minimum Gasteiger partial charge on any atom is -0.395 e. The van der Waals surface area contributed by atoms with Gasteiger partial charge in [0.05, 0.1) is 12.2 Å². The number of aliphatic hydroxyl groups excluding tert-OH is 1. The molecule has 112 valence electrons. The lowest BCUT2D eigenvalue weighted by Gasteiger charge is -2.24. The highest BCUT2D eigenvalue weighted by atomic mass is 19.4. The van der Waals surface area contributed by atoms with Crippen LogP contribution in [0.4, 0.5) is 24.8 Å². The molecule has 20 heavy (non-hydrogen) atoms. The SMILES string of the molecule is CCNc1cc(C(F)(F)F)cc(N(CCO)C2CC2)n1. The first-order valence-corrected chi connectivity index (χ1v) is 6.66. The summed E-state index contributed by atoms with van der Waals surface area (Å²) in [4.78, 5) is 5.97. The van der Waals surface area contributed by atoms with Crippen LogP contribution in [0.2, 0.25) is 0 Å². The van der Waals surface area contributed by atoms with Gasteiger partial charge in [-0.3, -0.25) is 0 Å². The van der Waals surface area contributed by atoms with Crippen molar-refractivity contribution < 1.29 is 18.3 Å². The second-order valence-electron chi connectivity index (χ2n) is 4.78. The molecule has 1 aliphatic rings. The minimum absolute atomic E-state index is 0.106. The first-order valence-electron chi connectivity index (χ1n) is 6.66.